The van der Waals surface area contributed by atoms with Gasteiger partial charge in [-0.15, -0.1) is 0 Å². The van der Waals surface area contributed by atoms with E-state index in [9.17, 15) is 22.4 Å². The van der Waals surface area contributed by atoms with Gasteiger partial charge in [-0.3, -0.25) is 13.9 Å². The van der Waals surface area contributed by atoms with Crippen molar-refractivity contribution in [2.45, 2.75) is 30.8 Å². The molecule has 212 valence electrons. The van der Waals surface area contributed by atoms with E-state index in [1.807, 2.05) is 43.3 Å². The molecule has 1 atom stereocenters. The SMILES string of the molecule is CNC(=O)[C@@H](Cc1ccccc1)N(Cc1ccc(F)cc1)C(=O)CN(c1cccc(C)c1)S(=O)(=O)c1ccccc1. The number of hydrogen-bond acceptors (Lipinski definition) is 4. The number of likely N-dealkylation sites (N-methyl/N-ethyl adjacent to an activating group) is 1. The predicted molar refractivity (Wildman–Crippen MR) is 157 cm³/mol. The number of carbonyl (C=O) groups excluding carboxylic acids is 2. The Hall–Kier alpha value is -4.50. The van der Waals surface area contributed by atoms with Gasteiger partial charge in [-0.1, -0.05) is 72.8 Å². The van der Waals surface area contributed by atoms with Crippen LogP contribution in [0.25, 0.3) is 0 Å². The van der Waals surface area contributed by atoms with Crippen LogP contribution >= 0.6 is 0 Å². The molecule has 0 bridgehead atoms. The molecule has 0 saturated carbocycles. The van der Waals surface area contributed by atoms with Crippen LogP contribution in [0, 0.1) is 12.7 Å². The molecule has 0 aliphatic rings. The van der Waals surface area contributed by atoms with Gasteiger partial charge in [-0.25, -0.2) is 12.8 Å². The molecule has 4 aromatic carbocycles. The first-order chi connectivity index (χ1) is 19.7. The van der Waals surface area contributed by atoms with E-state index >= 15 is 0 Å². The molecule has 0 aromatic heterocycles. The summed E-state index contributed by atoms with van der Waals surface area (Å²) in [6.45, 7) is 1.25. The minimum atomic E-state index is -4.15. The number of nitrogens with zero attached hydrogens (tertiary/aromatic N) is 2. The lowest BCUT2D eigenvalue weighted by atomic mass is 10.0. The van der Waals surface area contributed by atoms with Crippen molar-refractivity contribution >= 4 is 27.5 Å². The first-order valence-corrected chi connectivity index (χ1v) is 14.6. The molecule has 1 N–H and O–H groups in total. The van der Waals surface area contributed by atoms with Gasteiger partial charge >= 0.3 is 0 Å². The van der Waals surface area contributed by atoms with Crippen molar-refractivity contribution in [2.24, 2.45) is 0 Å². The first-order valence-electron chi connectivity index (χ1n) is 13.1. The number of hydrogen-bond donors (Lipinski definition) is 1. The van der Waals surface area contributed by atoms with E-state index in [0.717, 1.165) is 15.4 Å². The standard InChI is InChI=1S/C32H32FN3O4S/c1-24-10-9-13-28(20-24)36(41(39,40)29-14-7-4-8-15-29)23-31(37)35(22-26-16-18-27(33)19-17-26)30(32(38)34-2)21-25-11-5-3-6-12-25/h3-20,30H,21-23H2,1-2H3,(H,34,38)/t30-/m1/s1. The highest BCUT2D eigenvalue weighted by atomic mass is 32.2. The summed E-state index contributed by atoms with van der Waals surface area (Å²) in [5.41, 5.74) is 2.56. The lowest BCUT2D eigenvalue weighted by molar-refractivity contribution is -0.139. The number of anilines is 1. The molecule has 0 unspecified atom stereocenters. The molecule has 9 heteroatoms. The van der Waals surface area contributed by atoms with Gasteiger partial charge < -0.3 is 10.2 Å². The molecule has 0 fully saturated rings. The zero-order valence-corrected chi connectivity index (χ0v) is 23.7. The highest BCUT2D eigenvalue weighted by Gasteiger charge is 2.34. The van der Waals surface area contributed by atoms with Crippen LogP contribution in [-0.4, -0.2) is 44.8 Å². The molecule has 0 spiro atoms. The fraction of sp³-hybridized carbons (Fsp3) is 0.188. The van der Waals surface area contributed by atoms with Crippen LogP contribution in [-0.2, 0) is 32.6 Å². The quantitative estimate of drug-likeness (QED) is 0.282. The van der Waals surface area contributed by atoms with Crippen LogP contribution in [0.4, 0.5) is 10.1 Å². The number of benzene rings is 4. The minimum absolute atomic E-state index is 0.0307. The van der Waals surface area contributed by atoms with E-state index in [2.05, 4.69) is 5.32 Å². The lowest BCUT2D eigenvalue weighted by Gasteiger charge is -2.33. The number of nitrogens with one attached hydrogen (secondary N) is 1. The van der Waals surface area contributed by atoms with Crippen LogP contribution < -0.4 is 9.62 Å². The van der Waals surface area contributed by atoms with E-state index < -0.39 is 40.2 Å². The smallest absolute Gasteiger partial charge is 0.264 e. The van der Waals surface area contributed by atoms with Crippen molar-refractivity contribution in [2.75, 3.05) is 17.9 Å². The number of carbonyl (C=O) groups is 2. The minimum Gasteiger partial charge on any atom is -0.357 e. The van der Waals surface area contributed by atoms with E-state index in [-0.39, 0.29) is 17.9 Å². The second-order valence-corrected chi connectivity index (χ2v) is 11.5. The maximum Gasteiger partial charge on any atom is 0.264 e. The summed E-state index contributed by atoms with van der Waals surface area (Å²) in [6.07, 6.45) is 0.198. The van der Waals surface area contributed by atoms with E-state index in [1.165, 1.54) is 48.3 Å². The zero-order chi connectivity index (χ0) is 29.4. The Morgan fingerprint density at radius 3 is 2.07 bits per heavy atom. The Morgan fingerprint density at radius 2 is 1.46 bits per heavy atom. The number of rotatable bonds is 11. The summed E-state index contributed by atoms with van der Waals surface area (Å²) in [4.78, 5) is 28.8. The third kappa shape index (κ3) is 7.37. The highest BCUT2D eigenvalue weighted by Crippen LogP contribution is 2.26. The summed E-state index contributed by atoms with van der Waals surface area (Å²) in [5.74, 6) is -1.42. The van der Waals surface area contributed by atoms with Crippen LogP contribution in [0.15, 0.2) is 114 Å². The van der Waals surface area contributed by atoms with Crippen LogP contribution in [0.1, 0.15) is 16.7 Å². The second-order valence-electron chi connectivity index (χ2n) is 9.63. The summed E-state index contributed by atoms with van der Waals surface area (Å²) in [5, 5.41) is 2.64. The zero-order valence-electron chi connectivity index (χ0n) is 22.9. The Labute approximate surface area is 240 Å². The highest BCUT2D eigenvalue weighted by molar-refractivity contribution is 7.92. The van der Waals surface area contributed by atoms with E-state index in [0.29, 0.717) is 11.3 Å². The molecule has 0 aliphatic heterocycles. The number of sulfonamides is 1. The fourth-order valence-corrected chi connectivity index (χ4v) is 5.97. The van der Waals surface area contributed by atoms with Crippen molar-refractivity contribution in [3.05, 3.63) is 132 Å². The number of amides is 2. The molecule has 0 heterocycles. The van der Waals surface area contributed by atoms with Crippen LogP contribution in [0.5, 0.6) is 0 Å². The molecule has 4 rings (SSSR count). The predicted octanol–water partition coefficient (Wildman–Crippen LogP) is 4.72. The number of halogens is 1. The average Bonchev–Trinajstić information content (AvgIpc) is 2.99. The lowest BCUT2D eigenvalue weighted by Crippen LogP contribution is -2.53. The average molecular weight is 574 g/mol. The van der Waals surface area contributed by atoms with Gasteiger partial charge in [-0.05, 0) is 60.0 Å². The fourth-order valence-electron chi connectivity index (χ4n) is 4.54. The van der Waals surface area contributed by atoms with Gasteiger partial charge in [0.2, 0.25) is 11.8 Å². The number of aryl methyl sites for hydroxylation is 1. The molecule has 2 amide bonds. The van der Waals surface area contributed by atoms with Gasteiger partial charge in [0.05, 0.1) is 10.6 Å². The monoisotopic (exact) mass is 573 g/mol. The van der Waals surface area contributed by atoms with Crippen molar-refractivity contribution in [3.8, 4) is 0 Å². The van der Waals surface area contributed by atoms with E-state index in [1.54, 1.807) is 36.4 Å². The first kappa shape index (κ1) is 29.5. The van der Waals surface area contributed by atoms with Gasteiger partial charge in [0.1, 0.15) is 18.4 Å². The third-order valence-corrected chi connectivity index (χ3v) is 8.47. The molecular weight excluding hydrogens is 541 g/mol. The van der Waals surface area contributed by atoms with Crippen molar-refractivity contribution in [1.29, 1.82) is 0 Å². The molecular formula is C32H32FN3O4S. The maximum atomic E-state index is 14.2. The summed E-state index contributed by atoms with van der Waals surface area (Å²) in [6, 6.07) is 28.7. The van der Waals surface area contributed by atoms with Gasteiger partial charge in [0, 0.05) is 20.0 Å². The van der Waals surface area contributed by atoms with Crippen LogP contribution in [0.2, 0.25) is 0 Å². The molecule has 41 heavy (non-hydrogen) atoms. The summed E-state index contributed by atoms with van der Waals surface area (Å²) in [7, 11) is -2.67. The Balaban J connectivity index is 1.78. The molecule has 0 radical (unpaired) electrons. The molecule has 0 saturated heterocycles. The largest absolute Gasteiger partial charge is 0.357 e. The molecule has 0 aliphatic carbocycles. The van der Waals surface area contributed by atoms with Crippen LogP contribution in [0.3, 0.4) is 0 Å². The molecule has 7 nitrogen and oxygen atoms in total. The van der Waals surface area contributed by atoms with Gasteiger partial charge in [0.15, 0.2) is 0 Å². The molecule has 4 aromatic rings. The second kappa shape index (κ2) is 13.2. The topological polar surface area (TPSA) is 86.8 Å². The summed E-state index contributed by atoms with van der Waals surface area (Å²) >= 11 is 0. The van der Waals surface area contributed by atoms with Gasteiger partial charge in [-0.2, -0.15) is 0 Å². The Kier molecular flexibility index (Phi) is 9.52. The maximum absolute atomic E-state index is 14.2. The van der Waals surface area contributed by atoms with Crippen molar-refractivity contribution in [3.63, 3.8) is 0 Å². The van der Waals surface area contributed by atoms with E-state index in [4.69, 9.17) is 0 Å². The van der Waals surface area contributed by atoms with Gasteiger partial charge in [0.25, 0.3) is 10.0 Å². The third-order valence-electron chi connectivity index (χ3n) is 6.68. The summed E-state index contributed by atoms with van der Waals surface area (Å²) < 4.78 is 42.5. The van der Waals surface area contributed by atoms with Crippen molar-refractivity contribution < 1.29 is 22.4 Å². The van der Waals surface area contributed by atoms with Crippen molar-refractivity contribution in [1.82, 2.24) is 10.2 Å². The Morgan fingerprint density at radius 1 is 0.829 bits per heavy atom. The Bertz CT molecular complexity index is 1580. The normalized spacial score (nSPS) is 11.9.